The third-order valence-electron chi connectivity index (χ3n) is 6.20. The fraction of sp³-hybridized carbons (Fsp3) is 0.172. The molecule has 5 aromatic rings. The van der Waals surface area contributed by atoms with Crippen LogP contribution < -0.4 is 4.74 Å². The monoisotopic (exact) mass is 451 g/mol. The first-order valence-corrected chi connectivity index (χ1v) is 11.3. The molecule has 0 saturated heterocycles. The Morgan fingerprint density at radius 3 is 2.50 bits per heavy atom. The number of pyridine rings is 1. The predicted molar refractivity (Wildman–Crippen MR) is 133 cm³/mol. The number of carboxylic acid groups (broad SMARTS) is 1. The highest BCUT2D eigenvalue weighted by molar-refractivity contribution is 5.96. The van der Waals surface area contributed by atoms with Gasteiger partial charge < -0.3 is 14.3 Å². The Bertz CT molecular complexity index is 1520. The van der Waals surface area contributed by atoms with Gasteiger partial charge in [-0.25, -0.2) is 4.98 Å². The number of aliphatic carboxylic acids is 1. The highest BCUT2D eigenvalue weighted by atomic mass is 16.5. The summed E-state index contributed by atoms with van der Waals surface area (Å²) in [6.45, 7) is 5.95. The van der Waals surface area contributed by atoms with Gasteiger partial charge in [-0.1, -0.05) is 54.6 Å². The Labute approximate surface area is 197 Å². The van der Waals surface area contributed by atoms with Crippen LogP contribution >= 0.6 is 0 Å². The van der Waals surface area contributed by atoms with Gasteiger partial charge in [0.25, 0.3) is 0 Å². The number of hydrogen-bond acceptors (Lipinski definition) is 4. The van der Waals surface area contributed by atoms with E-state index in [4.69, 9.17) is 14.1 Å². The molecule has 0 bridgehead atoms. The number of benzene rings is 3. The molecule has 1 atom stereocenters. The van der Waals surface area contributed by atoms with E-state index in [1.807, 2.05) is 93.6 Å². The largest absolute Gasteiger partial charge is 0.485 e. The van der Waals surface area contributed by atoms with Gasteiger partial charge in [0.05, 0.1) is 11.9 Å². The summed E-state index contributed by atoms with van der Waals surface area (Å²) < 4.78 is 12.5. The summed E-state index contributed by atoms with van der Waals surface area (Å²) in [5.74, 6) is 0.357. The number of carbonyl (C=O) groups is 1. The fourth-order valence-corrected chi connectivity index (χ4v) is 4.44. The van der Waals surface area contributed by atoms with Crippen molar-refractivity contribution in [1.82, 2.24) is 4.98 Å². The number of ether oxygens (including phenoxy) is 1. The van der Waals surface area contributed by atoms with Crippen molar-refractivity contribution < 1.29 is 19.1 Å². The quantitative estimate of drug-likeness (QED) is 0.300. The molecule has 0 spiro atoms. The lowest BCUT2D eigenvalue weighted by Gasteiger charge is -2.19. The number of nitrogens with zero attached hydrogens (tertiary/aromatic N) is 1. The molecule has 0 amide bonds. The molecule has 5 rings (SSSR count). The van der Waals surface area contributed by atoms with Crippen LogP contribution in [0.15, 0.2) is 77.2 Å². The second-order valence-electron chi connectivity index (χ2n) is 8.56. The van der Waals surface area contributed by atoms with E-state index in [1.54, 1.807) is 0 Å². The minimum atomic E-state index is -0.914. The van der Waals surface area contributed by atoms with E-state index in [-0.39, 0.29) is 12.5 Å². The average molecular weight is 452 g/mol. The first kappa shape index (κ1) is 21.7. The van der Waals surface area contributed by atoms with Crippen molar-refractivity contribution in [2.75, 3.05) is 0 Å². The number of rotatable bonds is 6. The predicted octanol–water partition coefficient (Wildman–Crippen LogP) is 7.03. The number of furan rings is 1. The number of aromatic nitrogens is 1. The molecule has 0 aliphatic heterocycles. The van der Waals surface area contributed by atoms with Crippen LogP contribution in [0.2, 0.25) is 0 Å². The zero-order chi connectivity index (χ0) is 23.8. The molecular weight excluding hydrogens is 426 g/mol. The molecule has 0 saturated carbocycles. The van der Waals surface area contributed by atoms with Crippen molar-refractivity contribution in [3.8, 4) is 17.2 Å². The van der Waals surface area contributed by atoms with Gasteiger partial charge >= 0.3 is 5.97 Å². The Morgan fingerprint density at radius 1 is 1.03 bits per heavy atom. The molecule has 0 radical (unpaired) electrons. The summed E-state index contributed by atoms with van der Waals surface area (Å²) in [4.78, 5) is 16.8. The van der Waals surface area contributed by atoms with Gasteiger partial charge in [0.2, 0.25) is 0 Å². The van der Waals surface area contributed by atoms with Gasteiger partial charge in [0.1, 0.15) is 23.1 Å². The van der Waals surface area contributed by atoms with Gasteiger partial charge in [-0.15, -0.1) is 0 Å². The molecule has 2 aromatic heterocycles. The topological polar surface area (TPSA) is 72.6 Å². The minimum absolute atomic E-state index is 0.148. The van der Waals surface area contributed by atoms with Crippen LogP contribution in [0, 0.1) is 13.8 Å². The zero-order valence-corrected chi connectivity index (χ0v) is 19.3. The van der Waals surface area contributed by atoms with Crippen molar-refractivity contribution >= 4 is 27.8 Å². The molecular formula is C29H25NO4. The highest BCUT2D eigenvalue weighted by Gasteiger charge is 2.21. The van der Waals surface area contributed by atoms with Gasteiger partial charge in [0, 0.05) is 16.3 Å². The van der Waals surface area contributed by atoms with Gasteiger partial charge in [-0.3, -0.25) is 4.79 Å². The zero-order valence-electron chi connectivity index (χ0n) is 19.3. The molecule has 1 N–H and O–H groups in total. The molecule has 5 nitrogen and oxygen atoms in total. The molecule has 3 aromatic carbocycles. The fourth-order valence-electron chi connectivity index (χ4n) is 4.44. The van der Waals surface area contributed by atoms with Crippen LogP contribution in [0.4, 0.5) is 0 Å². The van der Waals surface area contributed by atoms with Crippen LogP contribution in [-0.4, -0.2) is 16.1 Å². The first-order chi connectivity index (χ1) is 16.4. The normalized spacial score (nSPS) is 12.2. The van der Waals surface area contributed by atoms with Crippen LogP contribution in [0.3, 0.4) is 0 Å². The molecule has 0 aliphatic carbocycles. The van der Waals surface area contributed by atoms with Crippen molar-refractivity contribution in [1.29, 1.82) is 0 Å². The summed E-state index contributed by atoms with van der Waals surface area (Å²) in [6.07, 6.45) is -0.354. The van der Waals surface area contributed by atoms with Crippen LogP contribution in [0.1, 0.15) is 35.3 Å². The molecule has 0 aliphatic rings. The van der Waals surface area contributed by atoms with E-state index in [2.05, 4.69) is 0 Å². The second-order valence-corrected chi connectivity index (χ2v) is 8.56. The Balaban J connectivity index is 1.70. The summed E-state index contributed by atoms with van der Waals surface area (Å²) >= 11 is 0. The Kier molecular flexibility index (Phi) is 5.54. The van der Waals surface area contributed by atoms with Crippen molar-refractivity contribution in [2.24, 2.45) is 0 Å². The summed E-state index contributed by atoms with van der Waals surface area (Å²) in [6, 6.07) is 23.5. The molecule has 2 heterocycles. The third-order valence-corrected chi connectivity index (χ3v) is 6.20. The van der Waals surface area contributed by atoms with E-state index in [1.165, 1.54) is 0 Å². The summed E-state index contributed by atoms with van der Waals surface area (Å²) in [5, 5.41) is 11.4. The maximum Gasteiger partial charge on any atom is 0.307 e. The molecule has 34 heavy (non-hydrogen) atoms. The second kappa shape index (κ2) is 8.67. The molecule has 170 valence electrons. The number of aryl methyl sites for hydroxylation is 2. The summed E-state index contributed by atoms with van der Waals surface area (Å²) in [7, 11) is 0. The lowest BCUT2D eigenvalue weighted by atomic mass is 9.99. The van der Waals surface area contributed by atoms with E-state index < -0.39 is 5.97 Å². The van der Waals surface area contributed by atoms with Crippen LogP contribution in [-0.2, 0) is 11.2 Å². The van der Waals surface area contributed by atoms with Gasteiger partial charge in [-0.2, -0.15) is 0 Å². The number of hydrogen-bond donors (Lipinski definition) is 1. The third kappa shape index (κ3) is 3.90. The van der Waals surface area contributed by atoms with Crippen molar-refractivity contribution in [3.05, 3.63) is 95.1 Å². The first-order valence-electron chi connectivity index (χ1n) is 11.3. The standard InChI is InChI=1S/C29H25NO4/c1-17-13-14-25(33-19(3)20-9-5-4-6-10-20)27-21(16-26(31)32)15-23(30-28(17)27)29-18(2)22-11-7-8-12-24(22)34-29/h4-15,19H,16H2,1-3H3,(H,31,32). The Morgan fingerprint density at radius 2 is 1.76 bits per heavy atom. The van der Waals surface area contributed by atoms with E-state index in [0.29, 0.717) is 28.3 Å². The van der Waals surface area contributed by atoms with E-state index >= 15 is 0 Å². The van der Waals surface area contributed by atoms with Gasteiger partial charge in [-0.05, 0) is 55.7 Å². The van der Waals surface area contributed by atoms with Crippen molar-refractivity contribution in [3.63, 3.8) is 0 Å². The van der Waals surface area contributed by atoms with Crippen LogP contribution in [0.25, 0.3) is 33.3 Å². The Hall–Kier alpha value is -4.12. The van der Waals surface area contributed by atoms with Gasteiger partial charge in [0.15, 0.2) is 5.76 Å². The number of fused-ring (bicyclic) bond motifs is 2. The SMILES string of the molecule is Cc1c(-c2cc(CC(=O)O)c3c(OC(C)c4ccccc4)ccc(C)c3n2)oc2ccccc12. The number of carboxylic acids is 1. The number of para-hydroxylation sites is 1. The van der Waals surface area contributed by atoms with E-state index in [0.717, 1.165) is 33.0 Å². The summed E-state index contributed by atoms with van der Waals surface area (Å²) in [5.41, 5.74) is 5.72. The maximum atomic E-state index is 11.8. The lowest BCUT2D eigenvalue weighted by molar-refractivity contribution is -0.136. The molecule has 5 heteroatoms. The molecule has 1 unspecified atom stereocenters. The highest BCUT2D eigenvalue weighted by Crippen LogP contribution is 2.38. The molecule has 0 fully saturated rings. The minimum Gasteiger partial charge on any atom is -0.485 e. The lowest BCUT2D eigenvalue weighted by Crippen LogP contribution is -2.07. The van der Waals surface area contributed by atoms with E-state index in [9.17, 15) is 9.90 Å². The smallest absolute Gasteiger partial charge is 0.307 e. The van der Waals surface area contributed by atoms with Crippen molar-refractivity contribution in [2.45, 2.75) is 33.3 Å². The maximum absolute atomic E-state index is 11.8. The average Bonchev–Trinajstić information content (AvgIpc) is 3.17. The van der Waals surface area contributed by atoms with Crippen LogP contribution in [0.5, 0.6) is 5.75 Å².